The van der Waals surface area contributed by atoms with E-state index in [-0.39, 0.29) is 41.6 Å². The molecular formula is C29H39ClO7. The number of hydrogen-bond donors (Lipinski definition) is 1. The van der Waals surface area contributed by atoms with Crippen LogP contribution in [0.4, 0.5) is 0 Å². The van der Waals surface area contributed by atoms with Gasteiger partial charge in [-0.25, -0.2) is 0 Å². The lowest BCUT2D eigenvalue weighted by Crippen LogP contribution is -2.66. The van der Waals surface area contributed by atoms with Gasteiger partial charge >= 0.3 is 11.9 Å². The second kappa shape index (κ2) is 9.25. The number of Topliss-reactive ketones (excluding diaryl/α,β-unsaturated/α-hetero) is 1. The van der Waals surface area contributed by atoms with Gasteiger partial charge in [0.25, 0.3) is 0 Å². The molecule has 7 nitrogen and oxygen atoms in total. The van der Waals surface area contributed by atoms with Crippen molar-refractivity contribution >= 4 is 35.1 Å². The third-order valence-corrected chi connectivity index (χ3v) is 11.1. The smallest absolute Gasteiger partial charge is 0.306 e. The van der Waals surface area contributed by atoms with E-state index < -0.39 is 45.6 Å². The summed E-state index contributed by atoms with van der Waals surface area (Å²) in [6.45, 7) is 10.6. The Labute approximate surface area is 224 Å². The molecule has 0 heterocycles. The van der Waals surface area contributed by atoms with Crippen LogP contribution in [-0.2, 0) is 28.7 Å². The number of ether oxygens (including phenoxy) is 2. The maximum absolute atomic E-state index is 13.9. The first-order valence-corrected chi connectivity index (χ1v) is 13.8. The summed E-state index contributed by atoms with van der Waals surface area (Å²) in [6, 6.07) is 0. The third kappa shape index (κ3) is 3.74. The number of carbonyl (C=O) groups excluding carboxylic acids is 4. The van der Waals surface area contributed by atoms with Crippen molar-refractivity contribution < 1.29 is 33.8 Å². The molecule has 0 amide bonds. The van der Waals surface area contributed by atoms with Crippen molar-refractivity contribution in [3.8, 4) is 0 Å². The van der Waals surface area contributed by atoms with Crippen molar-refractivity contribution in [2.75, 3.05) is 6.61 Å². The van der Waals surface area contributed by atoms with E-state index in [9.17, 15) is 24.3 Å². The van der Waals surface area contributed by atoms with Crippen molar-refractivity contribution in [2.45, 2.75) is 90.5 Å². The van der Waals surface area contributed by atoms with Gasteiger partial charge in [0.2, 0.25) is 5.78 Å². The Kier molecular flexibility index (Phi) is 6.97. The summed E-state index contributed by atoms with van der Waals surface area (Å²) in [5.74, 6) is -2.16. The Bertz CT molecular complexity index is 1090. The molecule has 3 saturated carbocycles. The zero-order valence-corrected chi connectivity index (χ0v) is 23.4. The van der Waals surface area contributed by atoms with Crippen molar-refractivity contribution in [1.82, 2.24) is 0 Å². The number of aliphatic hydroxyl groups is 1. The molecule has 0 aromatic heterocycles. The Balaban J connectivity index is 1.82. The molecule has 0 aromatic rings. The molecule has 0 radical (unpaired) electrons. The molecule has 8 atom stereocenters. The predicted molar refractivity (Wildman–Crippen MR) is 138 cm³/mol. The summed E-state index contributed by atoms with van der Waals surface area (Å²) >= 11 is 7.59. The van der Waals surface area contributed by atoms with E-state index in [1.54, 1.807) is 6.08 Å². The number of allylic oxidation sites excluding steroid dienone is 3. The Hall–Kier alpha value is -2.15. The van der Waals surface area contributed by atoms with Crippen LogP contribution < -0.4 is 0 Å². The number of halogens is 1. The minimum Gasteiger partial charge on any atom is -0.511 e. The fraction of sp³-hybridized carbons (Fsp3) is 0.724. The maximum atomic E-state index is 13.9. The number of ketones is 2. The molecule has 8 heteroatoms. The summed E-state index contributed by atoms with van der Waals surface area (Å²) < 4.78 is 11.3. The normalized spacial score (nSPS) is 42.5. The fourth-order valence-electron chi connectivity index (χ4n) is 8.48. The average molecular weight is 535 g/mol. The van der Waals surface area contributed by atoms with Crippen LogP contribution in [0.2, 0.25) is 0 Å². The van der Waals surface area contributed by atoms with Crippen LogP contribution in [0, 0.1) is 34.5 Å². The molecule has 37 heavy (non-hydrogen) atoms. The standard InChI is InChI=1S/C29H39ClO7/c1-7-8-25(35)37-29(24(34)15-36-18(4)31)17(3)12-21-22-11-16(2)20-13-19(32)14-23(33)27(20,6)28(22,30)10-9-26(21,29)5/h13-14,16-17,21-22,33H,7-12,15H2,1-6H3/t16-,17-,21-,22-,26-,27+,28+,29-/m0/s1. The molecule has 4 aliphatic carbocycles. The van der Waals surface area contributed by atoms with Gasteiger partial charge in [-0.3, -0.25) is 19.2 Å². The van der Waals surface area contributed by atoms with E-state index >= 15 is 0 Å². The number of fused-ring (bicyclic) bond motifs is 5. The molecule has 0 aromatic carbocycles. The lowest BCUT2D eigenvalue weighted by Gasteiger charge is -2.63. The molecule has 4 rings (SSSR count). The van der Waals surface area contributed by atoms with E-state index in [1.807, 2.05) is 27.7 Å². The van der Waals surface area contributed by atoms with Crippen molar-refractivity contribution in [3.05, 3.63) is 23.5 Å². The predicted octanol–water partition coefficient (Wildman–Crippen LogP) is 5.25. The highest BCUT2D eigenvalue weighted by Gasteiger charge is 2.75. The summed E-state index contributed by atoms with van der Waals surface area (Å²) in [7, 11) is 0. The first-order chi connectivity index (χ1) is 17.2. The first kappa shape index (κ1) is 27.9. The summed E-state index contributed by atoms with van der Waals surface area (Å²) in [5, 5.41) is 11.1. The molecule has 0 unspecified atom stereocenters. The van der Waals surface area contributed by atoms with Gasteiger partial charge in [-0.1, -0.05) is 27.7 Å². The molecule has 3 fully saturated rings. The van der Waals surface area contributed by atoms with Gasteiger partial charge in [0, 0.05) is 30.8 Å². The second-order valence-electron chi connectivity index (χ2n) is 12.1. The van der Waals surface area contributed by atoms with Crippen LogP contribution in [0.5, 0.6) is 0 Å². The SMILES string of the molecule is CCCC(=O)O[C@]1(C(=O)COC(C)=O)[C@@H](C)C[C@H]2[C@@H]3C[C@H](C)C4=CC(=O)C=C(O)[C@]4(C)[C@@]3(Cl)CC[C@@]21C. The van der Waals surface area contributed by atoms with Gasteiger partial charge < -0.3 is 14.6 Å². The summed E-state index contributed by atoms with van der Waals surface area (Å²) in [4.78, 5) is 49.8. The highest BCUT2D eigenvalue weighted by atomic mass is 35.5. The van der Waals surface area contributed by atoms with Gasteiger partial charge in [-0.05, 0) is 68.4 Å². The monoisotopic (exact) mass is 534 g/mol. The van der Waals surface area contributed by atoms with Crippen LogP contribution in [0.25, 0.3) is 0 Å². The quantitative estimate of drug-likeness (QED) is 0.366. The molecule has 0 saturated heterocycles. The minimum absolute atomic E-state index is 0.00581. The Morgan fingerprint density at radius 2 is 1.78 bits per heavy atom. The van der Waals surface area contributed by atoms with Gasteiger partial charge in [-0.15, -0.1) is 11.6 Å². The summed E-state index contributed by atoms with van der Waals surface area (Å²) in [5.41, 5.74) is -2.25. The molecular weight excluding hydrogens is 496 g/mol. The lowest BCUT2D eigenvalue weighted by molar-refractivity contribution is -0.197. The zero-order chi connectivity index (χ0) is 27.6. The van der Waals surface area contributed by atoms with Crippen LogP contribution in [-0.4, -0.2) is 45.7 Å². The van der Waals surface area contributed by atoms with Gasteiger partial charge in [0.15, 0.2) is 18.0 Å². The number of carbonyl (C=O) groups is 4. The summed E-state index contributed by atoms with van der Waals surface area (Å²) in [6.07, 6.45) is 5.90. The number of aliphatic hydroxyl groups excluding tert-OH is 1. The van der Waals surface area contributed by atoms with Crippen molar-refractivity contribution in [2.24, 2.45) is 34.5 Å². The van der Waals surface area contributed by atoms with Crippen molar-refractivity contribution in [1.29, 1.82) is 0 Å². The van der Waals surface area contributed by atoms with E-state index in [4.69, 9.17) is 21.1 Å². The largest absolute Gasteiger partial charge is 0.511 e. The highest BCUT2D eigenvalue weighted by molar-refractivity contribution is 6.25. The maximum Gasteiger partial charge on any atom is 0.306 e. The van der Waals surface area contributed by atoms with E-state index in [0.29, 0.717) is 32.1 Å². The first-order valence-electron chi connectivity index (χ1n) is 13.4. The molecule has 1 N–H and O–H groups in total. The van der Waals surface area contributed by atoms with Gasteiger partial charge in [0.1, 0.15) is 5.76 Å². The molecule has 0 bridgehead atoms. The Morgan fingerprint density at radius 1 is 1.11 bits per heavy atom. The number of rotatable bonds is 6. The van der Waals surface area contributed by atoms with E-state index in [1.165, 1.54) is 13.0 Å². The van der Waals surface area contributed by atoms with Crippen molar-refractivity contribution in [3.63, 3.8) is 0 Å². The van der Waals surface area contributed by atoms with Crippen LogP contribution in [0.3, 0.4) is 0 Å². The van der Waals surface area contributed by atoms with Crippen LogP contribution >= 0.6 is 11.6 Å². The lowest BCUT2D eigenvalue weighted by atomic mass is 9.44. The van der Waals surface area contributed by atoms with Crippen LogP contribution in [0.1, 0.15) is 80.1 Å². The second-order valence-corrected chi connectivity index (χ2v) is 12.8. The fourth-order valence-corrected chi connectivity index (χ4v) is 9.02. The number of alkyl halides is 1. The van der Waals surface area contributed by atoms with Gasteiger partial charge in [0.05, 0.1) is 10.3 Å². The minimum atomic E-state index is -1.45. The van der Waals surface area contributed by atoms with E-state index in [2.05, 4.69) is 6.92 Å². The van der Waals surface area contributed by atoms with E-state index in [0.717, 1.165) is 5.57 Å². The Morgan fingerprint density at radius 3 is 2.41 bits per heavy atom. The molecule has 204 valence electrons. The highest BCUT2D eigenvalue weighted by Crippen LogP contribution is 2.73. The molecule has 4 aliphatic rings. The average Bonchev–Trinajstić information content (AvgIpc) is 3.03. The number of esters is 2. The van der Waals surface area contributed by atoms with Crippen LogP contribution in [0.15, 0.2) is 23.5 Å². The van der Waals surface area contributed by atoms with Gasteiger partial charge in [-0.2, -0.15) is 0 Å². The zero-order valence-electron chi connectivity index (χ0n) is 22.7. The third-order valence-electron chi connectivity index (χ3n) is 10.2. The molecule has 0 spiro atoms. The topological polar surface area (TPSA) is 107 Å². The number of hydrogen-bond acceptors (Lipinski definition) is 7. The molecule has 0 aliphatic heterocycles.